The van der Waals surface area contributed by atoms with E-state index in [-0.39, 0.29) is 15.7 Å². The van der Waals surface area contributed by atoms with Crippen molar-refractivity contribution in [2.24, 2.45) is 0 Å². The van der Waals surface area contributed by atoms with Gasteiger partial charge in [-0.2, -0.15) is 8.42 Å². The predicted molar refractivity (Wildman–Crippen MR) is 95.9 cm³/mol. The maximum atomic E-state index is 12.9. The quantitative estimate of drug-likeness (QED) is 0.295. The summed E-state index contributed by atoms with van der Waals surface area (Å²) in [5.41, 5.74) is 0.975. The third-order valence-electron chi connectivity index (χ3n) is 3.11. The molecule has 9 heteroatoms. The molecule has 25 heavy (non-hydrogen) atoms. The van der Waals surface area contributed by atoms with E-state index in [9.17, 15) is 22.4 Å². The average molecular weight is 402 g/mol. The lowest BCUT2D eigenvalue weighted by Crippen LogP contribution is -1.92. The molecule has 0 aliphatic heterocycles. The van der Waals surface area contributed by atoms with Gasteiger partial charge in [-0.3, -0.25) is 10.1 Å². The SMILES string of the molecule is O=[N+]([O-])c1ccc(C=CC=Cc2ccc(S(=O)(=O)F)cc2Cl)c(Cl)c1. The molecule has 0 saturated heterocycles. The Kier molecular flexibility index (Phi) is 5.94. The molecule has 2 rings (SSSR count). The van der Waals surface area contributed by atoms with Crippen LogP contribution >= 0.6 is 23.2 Å². The van der Waals surface area contributed by atoms with Crippen molar-refractivity contribution in [3.63, 3.8) is 0 Å². The fraction of sp³-hybridized carbons (Fsp3) is 0. The van der Waals surface area contributed by atoms with E-state index in [4.69, 9.17) is 23.2 Å². The van der Waals surface area contributed by atoms with E-state index >= 15 is 0 Å². The lowest BCUT2D eigenvalue weighted by Gasteiger charge is -2.00. The number of hydrogen-bond donors (Lipinski definition) is 0. The second-order valence-electron chi connectivity index (χ2n) is 4.80. The first-order chi connectivity index (χ1) is 11.7. The number of halogens is 3. The zero-order valence-electron chi connectivity index (χ0n) is 12.4. The van der Waals surface area contributed by atoms with E-state index in [0.29, 0.717) is 11.1 Å². The van der Waals surface area contributed by atoms with Gasteiger partial charge in [0.2, 0.25) is 0 Å². The Labute approximate surface area is 153 Å². The third-order valence-corrected chi connectivity index (χ3v) is 4.58. The summed E-state index contributed by atoms with van der Waals surface area (Å²) in [7, 11) is -4.80. The summed E-state index contributed by atoms with van der Waals surface area (Å²) in [5.74, 6) is 0. The number of hydrogen-bond acceptors (Lipinski definition) is 4. The Hall–Kier alpha value is -2.22. The van der Waals surface area contributed by atoms with Crippen LogP contribution in [0.25, 0.3) is 12.2 Å². The summed E-state index contributed by atoms with van der Waals surface area (Å²) in [4.78, 5) is 9.59. The monoisotopic (exact) mass is 401 g/mol. The number of allylic oxidation sites excluding steroid dienone is 2. The minimum absolute atomic E-state index is 0.0803. The van der Waals surface area contributed by atoms with Gasteiger partial charge in [-0.25, -0.2) is 0 Å². The van der Waals surface area contributed by atoms with E-state index in [2.05, 4.69) is 0 Å². The minimum atomic E-state index is -4.80. The minimum Gasteiger partial charge on any atom is -0.258 e. The van der Waals surface area contributed by atoms with E-state index in [0.717, 1.165) is 12.1 Å². The van der Waals surface area contributed by atoms with Gasteiger partial charge >= 0.3 is 10.2 Å². The summed E-state index contributed by atoms with van der Waals surface area (Å²) < 4.78 is 34.5. The molecule has 0 aliphatic carbocycles. The zero-order chi connectivity index (χ0) is 18.6. The zero-order valence-corrected chi connectivity index (χ0v) is 14.7. The molecule has 0 N–H and O–H groups in total. The Morgan fingerprint density at radius 3 is 1.92 bits per heavy atom. The summed E-state index contributed by atoms with van der Waals surface area (Å²) >= 11 is 11.9. The van der Waals surface area contributed by atoms with Crippen LogP contribution in [-0.2, 0) is 10.2 Å². The molecule has 0 saturated carbocycles. The normalized spacial score (nSPS) is 12.1. The summed E-state index contributed by atoms with van der Waals surface area (Å²) in [6, 6.07) is 7.60. The van der Waals surface area contributed by atoms with Crippen LogP contribution in [0.3, 0.4) is 0 Å². The molecule has 0 unspecified atom stereocenters. The molecule has 0 fully saturated rings. The smallest absolute Gasteiger partial charge is 0.258 e. The summed E-state index contributed by atoms with van der Waals surface area (Å²) in [6.07, 6.45) is 6.47. The van der Waals surface area contributed by atoms with Crippen LogP contribution < -0.4 is 0 Å². The first kappa shape index (κ1) is 19.1. The summed E-state index contributed by atoms with van der Waals surface area (Å²) in [6.45, 7) is 0. The maximum Gasteiger partial charge on any atom is 0.332 e. The van der Waals surface area contributed by atoms with Crippen LogP contribution in [0.2, 0.25) is 10.0 Å². The van der Waals surface area contributed by atoms with Crippen LogP contribution in [0.15, 0.2) is 53.4 Å². The lowest BCUT2D eigenvalue weighted by atomic mass is 10.1. The Balaban J connectivity index is 2.16. The highest BCUT2D eigenvalue weighted by Crippen LogP contribution is 2.25. The van der Waals surface area contributed by atoms with Crippen LogP contribution in [0, 0.1) is 10.1 Å². The van der Waals surface area contributed by atoms with Crippen molar-refractivity contribution in [1.82, 2.24) is 0 Å². The molecular formula is C16H10Cl2FNO4S. The number of nitro benzene ring substituents is 1. The molecule has 0 aliphatic rings. The molecule has 0 atom stereocenters. The van der Waals surface area contributed by atoms with E-state index < -0.39 is 20.0 Å². The molecule has 0 aromatic heterocycles. The second kappa shape index (κ2) is 7.77. The topological polar surface area (TPSA) is 77.3 Å². The molecular weight excluding hydrogens is 392 g/mol. The number of nitrogens with zero attached hydrogens (tertiary/aromatic N) is 1. The molecule has 0 spiro atoms. The van der Waals surface area contributed by atoms with Crippen LogP contribution in [0.4, 0.5) is 9.57 Å². The van der Waals surface area contributed by atoms with E-state index in [1.165, 1.54) is 24.3 Å². The number of nitro groups is 1. The molecule has 0 heterocycles. The van der Waals surface area contributed by atoms with Gasteiger partial charge in [-0.15, -0.1) is 3.89 Å². The number of rotatable bonds is 5. The first-order valence-electron chi connectivity index (χ1n) is 6.71. The van der Waals surface area contributed by atoms with Crippen molar-refractivity contribution in [3.05, 3.63) is 79.8 Å². The van der Waals surface area contributed by atoms with Crippen molar-refractivity contribution >= 4 is 51.3 Å². The van der Waals surface area contributed by atoms with Crippen LogP contribution in [-0.4, -0.2) is 13.3 Å². The molecule has 0 amide bonds. The van der Waals surface area contributed by atoms with Crippen molar-refractivity contribution in [1.29, 1.82) is 0 Å². The molecule has 130 valence electrons. The van der Waals surface area contributed by atoms with Crippen molar-refractivity contribution in [2.75, 3.05) is 0 Å². The Morgan fingerprint density at radius 2 is 1.48 bits per heavy atom. The first-order valence-corrected chi connectivity index (χ1v) is 8.85. The largest absolute Gasteiger partial charge is 0.332 e. The van der Waals surface area contributed by atoms with Crippen LogP contribution in [0.1, 0.15) is 11.1 Å². The Morgan fingerprint density at radius 1 is 0.960 bits per heavy atom. The van der Waals surface area contributed by atoms with Gasteiger partial charge < -0.3 is 0 Å². The van der Waals surface area contributed by atoms with Crippen LogP contribution in [0.5, 0.6) is 0 Å². The van der Waals surface area contributed by atoms with Gasteiger partial charge in [0, 0.05) is 17.2 Å². The number of non-ortho nitro benzene ring substituents is 1. The standard InChI is InChI=1S/C16H10Cl2FNO4S/c17-15-9-13(20(21)22)7-5-11(15)3-1-2-4-12-6-8-14(10-16(12)18)25(19,23)24/h1-10H. The van der Waals surface area contributed by atoms with Gasteiger partial charge in [0.15, 0.2) is 0 Å². The highest BCUT2D eigenvalue weighted by atomic mass is 35.5. The summed E-state index contributed by atoms with van der Waals surface area (Å²) in [5, 5.41) is 11.0. The molecule has 2 aromatic carbocycles. The van der Waals surface area contributed by atoms with Gasteiger partial charge in [0.25, 0.3) is 5.69 Å². The van der Waals surface area contributed by atoms with Gasteiger partial charge in [-0.1, -0.05) is 53.6 Å². The highest BCUT2D eigenvalue weighted by molar-refractivity contribution is 7.86. The fourth-order valence-electron chi connectivity index (χ4n) is 1.88. The highest BCUT2D eigenvalue weighted by Gasteiger charge is 2.12. The van der Waals surface area contributed by atoms with Crippen molar-refractivity contribution in [2.45, 2.75) is 4.90 Å². The number of benzene rings is 2. The molecule has 5 nitrogen and oxygen atoms in total. The third kappa shape index (κ3) is 5.12. The fourth-order valence-corrected chi connectivity index (χ4v) is 2.91. The van der Waals surface area contributed by atoms with E-state index in [1.54, 1.807) is 24.3 Å². The van der Waals surface area contributed by atoms with E-state index in [1.807, 2.05) is 0 Å². The Bertz CT molecular complexity index is 988. The molecule has 0 bridgehead atoms. The van der Waals surface area contributed by atoms with Crippen molar-refractivity contribution < 1.29 is 17.2 Å². The molecule has 0 radical (unpaired) electrons. The predicted octanol–water partition coefficient (Wildman–Crippen LogP) is 5.29. The van der Waals surface area contributed by atoms with Gasteiger partial charge in [0.1, 0.15) is 0 Å². The van der Waals surface area contributed by atoms with Gasteiger partial charge in [0.05, 0.1) is 14.8 Å². The molecule has 2 aromatic rings. The average Bonchev–Trinajstić information content (AvgIpc) is 2.52. The maximum absolute atomic E-state index is 12.9. The second-order valence-corrected chi connectivity index (χ2v) is 6.96. The van der Waals surface area contributed by atoms with Gasteiger partial charge in [-0.05, 0) is 29.3 Å². The van der Waals surface area contributed by atoms with Crippen molar-refractivity contribution in [3.8, 4) is 0 Å². The lowest BCUT2D eigenvalue weighted by molar-refractivity contribution is -0.384.